The number of rotatable bonds is 9. The van der Waals surface area contributed by atoms with Gasteiger partial charge in [-0.05, 0) is 56.8 Å². The predicted octanol–water partition coefficient (Wildman–Crippen LogP) is 5.76. The number of benzene rings is 2. The van der Waals surface area contributed by atoms with Crippen LogP contribution in [0.3, 0.4) is 0 Å². The SMILES string of the molecule is CCOC(=O)c1c(C(=O)OCC)c(C(=O)OCC)c2c([nH]c3ccc(-c4cccs4)cc32)c1C(=O)OCC. The normalized spacial score (nSPS) is 10.9. The lowest BCUT2D eigenvalue weighted by Crippen LogP contribution is -2.24. The molecule has 1 N–H and O–H groups in total. The van der Waals surface area contributed by atoms with Gasteiger partial charge in [0.25, 0.3) is 0 Å². The highest BCUT2D eigenvalue weighted by molar-refractivity contribution is 7.13. The third-order valence-electron chi connectivity index (χ3n) is 5.77. The fourth-order valence-electron chi connectivity index (χ4n) is 4.36. The van der Waals surface area contributed by atoms with Gasteiger partial charge in [0.15, 0.2) is 0 Å². The van der Waals surface area contributed by atoms with E-state index in [2.05, 4.69) is 4.98 Å². The molecule has 2 heterocycles. The highest BCUT2D eigenvalue weighted by Gasteiger charge is 2.37. The fraction of sp³-hybridized carbons (Fsp3) is 0.286. The summed E-state index contributed by atoms with van der Waals surface area (Å²) >= 11 is 1.54. The lowest BCUT2D eigenvalue weighted by Gasteiger charge is -2.18. The van der Waals surface area contributed by atoms with Crippen LogP contribution < -0.4 is 0 Å². The van der Waals surface area contributed by atoms with Crippen molar-refractivity contribution in [2.24, 2.45) is 0 Å². The minimum atomic E-state index is -0.969. The number of nitrogens with one attached hydrogen (secondary N) is 1. The predicted molar refractivity (Wildman–Crippen MR) is 143 cm³/mol. The van der Waals surface area contributed by atoms with Crippen LogP contribution in [-0.4, -0.2) is 55.3 Å². The quantitative estimate of drug-likeness (QED) is 0.211. The molecule has 4 rings (SSSR count). The van der Waals surface area contributed by atoms with Gasteiger partial charge in [-0.2, -0.15) is 0 Å². The highest BCUT2D eigenvalue weighted by Crippen LogP contribution is 2.39. The Morgan fingerprint density at radius 3 is 1.76 bits per heavy atom. The molecule has 0 aliphatic rings. The van der Waals surface area contributed by atoms with Crippen LogP contribution in [0.15, 0.2) is 35.7 Å². The van der Waals surface area contributed by atoms with Crippen molar-refractivity contribution in [2.75, 3.05) is 26.4 Å². The number of aromatic nitrogens is 1. The molecule has 0 unspecified atom stereocenters. The maximum absolute atomic E-state index is 13.5. The van der Waals surface area contributed by atoms with E-state index in [-0.39, 0.29) is 48.5 Å². The molecule has 0 radical (unpaired) electrons. The molecule has 198 valence electrons. The first kappa shape index (κ1) is 26.9. The first-order valence-electron chi connectivity index (χ1n) is 12.2. The van der Waals surface area contributed by atoms with E-state index in [0.29, 0.717) is 10.9 Å². The van der Waals surface area contributed by atoms with Crippen LogP contribution in [0.25, 0.3) is 32.2 Å². The van der Waals surface area contributed by atoms with Crippen LogP contribution in [0.2, 0.25) is 0 Å². The van der Waals surface area contributed by atoms with Gasteiger partial charge in [-0.1, -0.05) is 12.1 Å². The Kier molecular flexibility index (Phi) is 8.11. The van der Waals surface area contributed by atoms with Gasteiger partial charge in [-0.3, -0.25) is 0 Å². The van der Waals surface area contributed by atoms with Crippen molar-refractivity contribution in [3.05, 3.63) is 58.0 Å². The Morgan fingerprint density at radius 2 is 1.24 bits per heavy atom. The maximum Gasteiger partial charge on any atom is 0.341 e. The summed E-state index contributed by atoms with van der Waals surface area (Å²) in [5.74, 6) is -3.63. The summed E-state index contributed by atoms with van der Waals surface area (Å²) in [5.41, 5.74) is 0.378. The van der Waals surface area contributed by atoms with E-state index >= 15 is 0 Å². The number of esters is 4. The molecule has 0 atom stereocenters. The molecule has 0 saturated carbocycles. The number of carbonyl (C=O) groups is 4. The summed E-state index contributed by atoms with van der Waals surface area (Å²) in [4.78, 5) is 57.7. The number of H-pyrrole nitrogens is 1. The Labute approximate surface area is 222 Å². The third-order valence-corrected chi connectivity index (χ3v) is 6.69. The van der Waals surface area contributed by atoms with Crippen molar-refractivity contribution >= 4 is 57.0 Å². The molecule has 2 aromatic heterocycles. The topological polar surface area (TPSA) is 121 Å². The molecular weight excluding hydrogens is 510 g/mol. The van der Waals surface area contributed by atoms with E-state index in [1.165, 1.54) is 0 Å². The largest absolute Gasteiger partial charge is 0.462 e. The number of hydrogen-bond donors (Lipinski definition) is 1. The smallest absolute Gasteiger partial charge is 0.341 e. The van der Waals surface area contributed by atoms with Crippen molar-refractivity contribution in [1.29, 1.82) is 0 Å². The zero-order valence-corrected chi connectivity index (χ0v) is 22.3. The summed E-state index contributed by atoms with van der Waals surface area (Å²) < 4.78 is 21.1. The monoisotopic (exact) mass is 537 g/mol. The van der Waals surface area contributed by atoms with E-state index in [9.17, 15) is 19.2 Å². The zero-order chi connectivity index (χ0) is 27.4. The Bertz CT molecular complexity index is 1530. The summed E-state index contributed by atoms with van der Waals surface area (Å²) in [7, 11) is 0. The van der Waals surface area contributed by atoms with Crippen molar-refractivity contribution in [3.8, 4) is 10.4 Å². The first-order chi connectivity index (χ1) is 18.4. The Morgan fingerprint density at radius 1 is 0.711 bits per heavy atom. The molecule has 0 bridgehead atoms. The molecule has 0 fully saturated rings. The highest BCUT2D eigenvalue weighted by atomic mass is 32.1. The number of ether oxygens (including phenoxy) is 4. The number of carbonyl (C=O) groups excluding carboxylic acids is 4. The summed E-state index contributed by atoms with van der Waals surface area (Å²) in [5, 5.41) is 2.75. The van der Waals surface area contributed by atoms with Crippen LogP contribution in [0, 0.1) is 0 Å². The van der Waals surface area contributed by atoms with Crippen molar-refractivity contribution < 1.29 is 38.1 Å². The average molecular weight is 538 g/mol. The van der Waals surface area contributed by atoms with Crippen LogP contribution in [0.5, 0.6) is 0 Å². The zero-order valence-electron chi connectivity index (χ0n) is 21.5. The molecule has 4 aromatic rings. The van der Waals surface area contributed by atoms with Gasteiger partial charge in [0.05, 0.1) is 54.2 Å². The molecule has 9 nitrogen and oxygen atoms in total. The molecule has 38 heavy (non-hydrogen) atoms. The van der Waals surface area contributed by atoms with E-state index in [0.717, 1.165) is 10.4 Å². The standard InChI is InChI=1S/C28H27NO8S/c1-5-34-25(30)20-19-16-14-15(18-10-9-13-38-18)11-12-17(16)29-24(19)23(28(33)37-8-4)22(27(32)36-7-3)21(20)26(31)35-6-2/h9-14,29H,5-8H2,1-4H3. The van der Waals surface area contributed by atoms with Crippen molar-refractivity contribution in [3.63, 3.8) is 0 Å². The average Bonchev–Trinajstić information content (AvgIpc) is 3.56. The van der Waals surface area contributed by atoms with E-state index in [4.69, 9.17) is 18.9 Å². The Hall–Kier alpha value is -4.18. The second-order valence-corrected chi connectivity index (χ2v) is 8.94. The van der Waals surface area contributed by atoms with Gasteiger partial charge in [-0.25, -0.2) is 19.2 Å². The van der Waals surface area contributed by atoms with Crippen LogP contribution in [0.4, 0.5) is 0 Å². The van der Waals surface area contributed by atoms with Crippen molar-refractivity contribution in [1.82, 2.24) is 4.98 Å². The third kappa shape index (κ3) is 4.74. The van der Waals surface area contributed by atoms with Crippen molar-refractivity contribution in [2.45, 2.75) is 27.7 Å². The fourth-order valence-corrected chi connectivity index (χ4v) is 5.09. The maximum atomic E-state index is 13.5. The van der Waals surface area contributed by atoms with E-state index in [1.807, 2.05) is 35.7 Å². The van der Waals surface area contributed by atoms with Gasteiger partial charge in [0.2, 0.25) is 0 Å². The molecule has 10 heteroatoms. The number of fused-ring (bicyclic) bond motifs is 3. The second kappa shape index (κ2) is 11.5. The van der Waals surface area contributed by atoms with Crippen LogP contribution >= 0.6 is 11.3 Å². The van der Waals surface area contributed by atoms with Crippen LogP contribution in [-0.2, 0) is 18.9 Å². The summed E-state index contributed by atoms with van der Waals surface area (Å²) in [6.07, 6.45) is 0. The molecular formula is C28H27NO8S. The van der Waals surface area contributed by atoms with Gasteiger partial charge in [0.1, 0.15) is 0 Å². The minimum Gasteiger partial charge on any atom is -0.462 e. The molecule has 0 amide bonds. The van der Waals surface area contributed by atoms with Gasteiger partial charge >= 0.3 is 23.9 Å². The first-order valence-corrected chi connectivity index (χ1v) is 13.1. The molecule has 0 spiro atoms. The van der Waals surface area contributed by atoms with E-state index < -0.39 is 35.0 Å². The lowest BCUT2D eigenvalue weighted by atomic mass is 9.90. The molecule has 0 aliphatic heterocycles. The molecule has 2 aromatic carbocycles. The van der Waals surface area contributed by atoms with Gasteiger partial charge < -0.3 is 23.9 Å². The van der Waals surface area contributed by atoms with Crippen LogP contribution in [0.1, 0.15) is 69.1 Å². The molecule has 0 saturated heterocycles. The summed E-state index contributed by atoms with van der Waals surface area (Å²) in [6.45, 7) is 6.39. The lowest BCUT2D eigenvalue weighted by molar-refractivity contribution is 0.0446. The molecule has 0 aliphatic carbocycles. The minimum absolute atomic E-state index is 0.0136. The van der Waals surface area contributed by atoms with E-state index in [1.54, 1.807) is 39.0 Å². The van der Waals surface area contributed by atoms with Gasteiger partial charge in [0, 0.05) is 21.2 Å². The number of aromatic amines is 1. The van der Waals surface area contributed by atoms with Gasteiger partial charge in [-0.15, -0.1) is 11.3 Å². The Balaban J connectivity index is 2.26. The number of thiophene rings is 1. The second-order valence-electron chi connectivity index (χ2n) is 7.99. The summed E-state index contributed by atoms with van der Waals surface area (Å²) in [6, 6.07) is 9.45. The number of hydrogen-bond acceptors (Lipinski definition) is 9.